The Morgan fingerprint density at radius 3 is 2.75 bits per heavy atom. The van der Waals surface area contributed by atoms with E-state index in [9.17, 15) is 0 Å². The molecule has 0 spiro atoms. The monoisotopic (exact) mass is 218 g/mol. The van der Waals surface area contributed by atoms with Gasteiger partial charge in [0.25, 0.3) is 0 Å². The van der Waals surface area contributed by atoms with Gasteiger partial charge in [0.2, 0.25) is 0 Å². The highest BCUT2D eigenvalue weighted by molar-refractivity contribution is 5.37. The van der Waals surface area contributed by atoms with Crippen molar-refractivity contribution in [1.82, 2.24) is 0 Å². The van der Waals surface area contributed by atoms with Gasteiger partial charge < -0.3 is 0 Å². The topological polar surface area (TPSA) is 52.0 Å². The number of allylic oxidation sites excluding steroid dienone is 6. The molecule has 2 heteroatoms. The van der Waals surface area contributed by atoms with Crippen molar-refractivity contribution in [1.29, 1.82) is 0 Å². The summed E-state index contributed by atoms with van der Waals surface area (Å²) in [5.41, 5.74) is 3.35. The fraction of sp³-hybridized carbons (Fsp3) is 0.571. The normalized spacial score (nSPS) is 31.4. The third kappa shape index (κ3) is 2.13. The zero-order valence-electron chi connectivity index (χ0n) is 9.86. The van der Waals surface area contributed by atoms with E-state index in [0.29, 0.717) is 0 Å². The number of rotatable bonds is 0. The predicted octanol–water partition coefficient (Wildman–Crippen LogP) is 2.83. The molecule has 0 aromatic heterocycles. The summed E-state index contributed by atoms with van der Waals surface area (Å²) in [6.45, 7) is 0. The van der Waals surface area contributed by atoms with Crippen LogP contribution >= 0.6 is 0 Å². The van der Waals surface area contributed by atoms with E-state index in [1.165, 1.54) is 38.5 Å². The Bertz CT molecular complexity index is 326. The highest BCUT2D eigenvalue weighted by atomic mass is 15.0. The molecule has 2 atom stereocenters. The average molecular weight is 218 g/mol. The third-order valence-electron chi connectivity index (χ3n) is 4.07. The first-order valence-electron chi connectivity index (χ1n) is 6.36. The van der Waals surface area contributed by atoms with Crippen molar-refractivity contribution < 1.29 is 0 Å². The van der Waals surface area contributed by atoms with Crippen LogP contribution in [0.2, 0.25) is 0 Å². The van der Waals surface area contributed by atoms with Gasteiger partial charge in [0.1, 0.15) is 0 Å². The molecule has 88 valence electrons. The minimum absolute atomic E-state index is 0.875. The molecule has 1 saturated carbocycles. The molecule has 0 aromatic rings. The van der Waals surface area contributed by atoms with E-state index in [0.717, 1.165) is 11.8 Å². The first kappa shape index (κ1) is 11.6. The first-order valence-corrected chi connectivity index (χ1v) is 6.36. The van der Waals surface area contributed by atoms with Gasteiger partial charge in [-0.05, 0) is 49.5 Å². The Morgan fingerprint density at radius 1 is 1.00 bits per heavy atom. The summed E-state index contributed by atoms with van der Waals surface area (Å²) in [4.78, 5) is 0. The van der Waals surface area contributed by atoms with Crippen molar-refractivity contribution in [3.05, 3.63) is 35.5 Å². The van der Waals surface area contributed by atoms with Gasteiger partial charge in [-0.2, -0.15) is 0 Å². The highest BCUT2D eigenvalue weighted by Crippen LogP contribution is 2.44. The van der Waals surface area contributed by atoms with Gasteiger partial charge >= 0.3 is 0 Å². The van der Waals surface area contributed by atoms with Crippen LogP contribution in [-0.2, 0) is 0 Å². The minimum Gasteiger partial charge on any atom is -0.274 e. The van der Waals surface area contributed by atoms with Crippen LogP contribution in [0.3, 0.4) is 0 Å². The molecule has 0 aromatic carbocycles. The van der Waals surface area contributed by atoms with Crippen LogP contribution in [0.1, 0.15) is 38.5 Å². The molecule has 3 rings (SSSR count). The average Bonchev–Trinajstić information content (AvgIpc) is 2.41. The maximum absolute atomic E-state index is 4.00. The van der Waals surface area contributed by atoms with Crippen LogP contribution in [0.5, 0.6) is 0 Å². The molecule has 3 aliphatic rings. The zero-order valence-corrected chi connectivity index (χ0v) is 9.86. The maximum atomic E-state index is 4.00. The summed E-state index contributed by atoms with van der Waals surface area (Å²) >= 11 is 0. The smallest absolute Gasteiger partial charge is 0.00934 e. The Kier molecular flexibility index (Phi) is 3.97. The fourth-order valence-electron chi connectivity index (χ4n) is 3.33. The van der Waals surface area contributed by atoms with Crippen LogP contribution in [-0.4, -0.2) is 0 Å². The molecule has 16 heavy (non-hydrogen) atoms. The minimum atomic E-state index is 0.875. The second-order valence-electron chi connectivity index (χ2n) is 4.85. The quantitative estimate of drug-likeness (QED) is 0.485. The lowest BCUT2D eigenvalue weighted by Crippen LogP contribution is -2.25. The number of hydrazine groups is 1. The SMILES string of the molecule is C1=CC2=CC=C3CCCCC3C2CC1.NN. The van der Waals surface area contributed by atoms with Gasteiger partial charge in [0.05, 0.1) is 0 Å². The molecule has 0 saturated heterocycles. The van der Waals surface area contributed by atoms with Crippen molar-refractivity contribution >= 4 is 0 Å². The van der Waals surface area contributed by atoms with Crippen molar-refractivity contribution in [3.63, 3.8) is 0 Å². The summed E-state index contributed by atoms with van der Waals surface area (Å²) in [5, 5.41) is 0. The summed E-state index contributed by atoms with van der Waals surface area (Å²) < 4.78 is 0. The van der Waals surface area contributed by atoms with Crippen molar-refractivity contribution in [2.45, 2.75) is 38.5 Å². The second-order valence-corrected chi connectivity index (χ2v) is 4.85. The molecule has 0 radical (unpaired) electrons. The second kappa shape index (κ2) is 5.46. The molecule has 2 nitrogen and oxygen atoms in total. The van der Waals surface area contributed by atoms with Crippen molar-refractivity contribution in [3.8, 4) is 0 Å². The Hall–Kier alpha value is -0.860. The summed E-state index contributed by atoms with van der Waals surface area (Å²) in [6.07, 6.45) is 17.9. The number of hydrogen-bond acceptors (Lipinski definition) is 2. The maximum Gasteiger partial charge on any atom is -0.00934 e. The first-order chi connectivity index (χ1) is 7.95. The molecular formula is C14H22N2. The van der Waals surface area contributed by atoms with Crippen molar-refractivity contribution in [2.75, 3.05) is 0 Å². The summed E-state index contributed by atoms with van der Waals surface area (Å²) in [7, 11) is 0. The van der Waals surface area contributed by atoms with Crippen molar-refractivity contribution in [2.24, 2.45) is 23.5 Å². The lowest BCUT2D eigenvalue weighted by molar-refractivity contribution is 0.332. The van der Waals surface area contributed by atoms with E-state index in [-0.39, 0.29) is 0 Å². The Morgan fingerprint density at radius 2 is 1.88 bits per heavy atom. The van der Waals surface area contributed by atoms with Gasteiger partial charge in [-0.1, -0.05) is 36.3 Å². The van der Waals surface area contributed by atoms with Gasteiger partial charge in [-0.3, -0.25) is 11.7 Å². The van der Waals surface area contributed by atoms with E-state index in [1.807, 2.05) is 0 Å². The lowest BCUT2D eigenvalue weighted by Gasteiger charge is -2.37. The molecule has 0 heterocycles. The molecule has 0 aliphatic heterocycles. The summed E-state index contributed by atoms with van der Waals surface area (Å²) in [6, 6.07) is 0. The fourth-order valence-corrected chi connectivity index (χ4v) is 3.33. The standard InChI is InChI=1S/C14H18.H4N2/c1-3-7-13-11(5-1)9-10-12-6-2-4-8-14(12)13;1-2/h1,5,9-10,13-14H,2-4,6-8H2;1-2H2. The third-order valence-corrected chi connectivity index (χ3v) is 4.07. The molecule has 1 fully saturated rings. The van der Waals surface area contributed by atoms with E-state index in [2.05, 4.69) is 36.0 Å². The lowest BCUT2D eigenvalue weighted by atomic mass is 9.68. The molecule has 3 aliphatic carbocycles. The molecule has 0 bridgehead atoms. The number of hydrogen-bond donors (Lipinski definition) is 2. The molecule has 2 unspecified atom stereocenters. The Labute approximate surface area is 98.1 Å². The van der Waals surface area contributed by atoms with E-state index in [1.54, 1.807) is 11.1 Å². The van der Waals surface area contributed by atoms with Crippen LogP contribution < -0.4 is 11.7 Å². The van der Waals surface area contributed by atoms with E-state index in [4.69, 9.17) is 0 Å². The van der Waals surface area contributed by atoms with Gasteiger partial charge in [0.15, 0.2) is 0 Å². The molecule has 4 N–H and O–H groups in total. The molecule has 0 amide bonds. The largest absolute Gasteiger partial charge is 0.274 e. The van der Waals surface area contributed by atoms with Gasteiger partial charge in [0, 0.05) is 0 Å². The molecular weight excluding hydrogens is 196 g/mol. The van der Waals surface area contributed by atoms with E-state index >= 15 is 0 Å². The Balaban J connectivity index is 0.000000457. The highest BCUT2D eigenvalue weighted by Gasteiger charge is 2.31. The van der Waals surface area contributed by atoms with E-state index < -0.39 is 0 Å². The van der Waals surface area contributed by atoms with Gasteiger partial charge in [-0.15, -0.1) is 0 Å². The predicted molar refractivity (Wildman–Crippen MR) is 68.4 cm³/mol. The van der Waals surface area contributed by atoms with Crippen LogP contribution in [0.15, 0.2) is 35.5 Å². The number of nitrogens with two attached hydrogens (primary N) is 2. The number of fused-ring (bicyclic) bond motifs is 3. The van der Waals surface area contributed by atoms with Crippen LogP contribution in [0.4, 0.5) is 0 Å². The zero-order chi connectivity index (χ0) is 11.4. The van der Waals surface area contributed by atoms with Crippen LogP contribution in [0, 0.1) is 11.8 Å². The van der Waals surface area contributed by atoms with Gasteiger partial charge in [-0.25, -0.2) is 0 Å². The summed E-state index contributed by atoms with van der Waals surface area (Å²) in [5.74, 6) is 9.79. The van der Waals surface area contributed by atoms with Crippen LogP contribution in [0.25, 0.3) is 0 Å².